The summed E-state index contributed by atoms with van der Waals surface area (Å²) in [7, 11) is 0. The average molecular weight is 310 g/mol. The number of hydrogen-bond acceptors (Lipinski definition) is 4. The normalized spacial score (nSPS) is 20.7. The van der Waals surface area contributed by atoms with Crippen molar-refractivity contribution in [2.24, 2.45) is 0 Å². The van der Waals surface area contributed by atoms with Crippen LogP contribution in [-0.2, 0) is 0 Å². The average Bonchev–Trinajstić information content (AvgIpc) is 2.62. The standard InChI is InChI=1S/C8H11IN2OS/c9-11-4-1-7(2-5-11)13-8-10-3-6-12-8/h3,6-7H,1-2,4-5H2. The van der Waals surface area contributed by atoms with E-state index in [1.807, 2.05) is 0 Å². The van der Waals surface area contributed by atoms with Gasteiger partial charge in [0.25, 0.3) is 5.22 Å². The van der Waals surface area contributed by atoms with Gasteiger partial charge in [0.1, 0.15) is 6.26 Å². The molecule has 13 heavy (non-hydrogen) atoms. The molecular weight excluding hydrogens is 299 g/mol. The van der Waals surface area contributed by atoms with Crippen LogP contribution in [-0.4, -0.2) is 26.4 Å². The van der Waals surface area contributed by atoms with Gasteiger partial charge in [-0.05, 0) is 12.8 Å². The molecular formula is C8H11IN2OS. The first kappa shape index (κ1) is 9.79. The molecule has 2 rings (SSSR count). The third kappa shape index (κ3) is 2.85. The highest BCUT2D eigenvalue weighted by molar-refractivity contribution is 14.1. The molecule has 1 fully saturated rings. The van der Waals surface area contributed by atoms with Gasteiger partial charge in [-0.2, -0.15) is 0 Å². The van der Waals surface area contributed by atoms with E-state index < -0.39 is 0 Å². The van der Waals surface area contributed by atoms with Gasteiger partial charge in [-0.1, -0.05) is 11.8 Å². The molecule has 2 heterocycles. The first-order valence-electron chi connectivity index (χ1n) is 4.31. The van der Waals surface area contributed by atoms with E-state index in [0.717, 1.165) is 5.22 Å². The summed E-state index contributed by atoms with van der Waals surface area (Å²) in [6, 6.07) is 0. The van der Waals surface area contributed by atoms with E-state index in [9.17, 15) is 0 Å². The maximum Gasteiger partial charge on any atom is 0.255 e. The van der Waals surface area contributed by atoms with Gasteiger partial charge in [0.15, 0.2) is 0 Å². The number of aromatic nitrogens is 1. The molecule has 1 aromatic heterocycles. The monoisotopic (exact) mass is 310 g/mol. The van der Waals surface area contributed by atoms with Crippen molar-refractivity contribution >= 4 is 34.6 Å². The van der Waals surface area contributed by atoms with Gasteiger partial charge < -0.3 is 4.42 Å². The maximum absolute atomic E-state index is 5.20. The summed E-state index contributed by atoms with van der Waals surface area (Å²) in [5.74, 6) is 0. The second-order valence-electron chi connectivity index (χ2n) is 3.03. The molecule has 0 saturated carbocycles. The molecule has 0 atom stereocenters. The largest absolute Gasteiger partial charge is 0.440 e. The van der Waals surface area contributed by atoms with E-state index in [1.165, 1.54) is 25.9 Å². The third-order valence-electron chi connectivity index (χ3n) is 2.06. The molecule has 0 amide bonds. The predicted molar refractivity (Wildman–Crippen MR) is 61.0 cm³/mol. The van der Waals surface area contributed by atoms with E-state index in [4.69, 9.17) is 4.42 Å². The van der Waals surface area contributed by atoms with Crippen LogP contribution in [0.2, 0.25) is 0 Å². The van der Waals surface area contributed by atoms with Crippen molar-refractivity contribution in [2.45, 2.75) is 23.3 Å². The molecule has 3 nitrogen and oxygen atoms in total. The summed E-state index contributed by atoms with van der Waals surface area (Å²) in [5, 5.41) is 1.50. The smallest absolute Gasteiger partial charge is 0.255 e. The van der Waals surface area contributed by atoms with E-state index in [2.05, 4.69) is 31.0 Å². The molecule has 1 aliphatic heterocycles. The Morgan fingerprint density at radius 3 is 2.92 bits per heavy atom. The lowest BCUT2D eigenvalue weighted by molar-refractivity contribution is 0.409. The van der Waals surface area contributed by atoms with Crippen LogP contribution in [0, 0.1) is 0 Å². The maximum atomic E-state index is 5.20. The van der Waals surface area contributed by atoms with Crippen molar-refractivity contribution < 1.29 is 4.42 Å². The van der Waals surface area contributed by atoms with Crippen molar-refractivity contribution in [1.29, 1.82) is 0 Å². The molecule has 0 N–H and O–H groups in total. The van der Waals surface area contributed by atoms with Gasteiger partial charge in [0.05, 0.1) is 6.20 Å². The molecule has 0 radical (unpaired) electrons. The number of halogens is 1. The Hall–Kier alpha value is 0.250. The topological polar surface area (TPSA) is 29.3 Å². The van der Waals surface area contributed by atoms with Gasteiger partial charge in [0, 0.05) is 41.2 Å². The Bertz CT molecular complexity index is 247. The van der Waals surface area contributed by atoms with Crippen LogP contribution in [0.15, 0.2) is 22.1 Å². The number of rotatable bonds is 2. The Kier molecular flexibility index (Phi) is 3.51. The summed E-state index contributed by atoms with van der Waals surface area (Å²) in [4.78, 5) is 4.11. The van der Waals surface area contributed by atoms with Crippen molar-refractivity contribution in [3.8, 4) is 0 Å². The zero-order valence-electron chi connectivity index (χ0n) is 7.15. The quantitative estimate of drug-likeness (QED) is 0.620. The second kappa shape index (κ2) is 4.65. The van der Waals surface area contributed by atoms with Crippen LogP contribution in [0.3, 0.4) is 0 Å². The highest BCUT2D eigenvalue weighted by Gasteiger charge is 2.19. The van der Waals surface area contributed by atoms with E-state index in [1.54, 1.807) is 24.2 Å². The summed E-state index contributed by atoms with van der Waals surface area (Å²) < 4.78 is 7.54. The van der Waals surface area contributed by atoms with Crippen LogP contribution in [0.4, 0.5) is 0 Å². The molecule has 1 saturated heterocycles. The highest BCUT2D eigenvalue weighted by atomic mass is 127. The zero-order chi connectivity index (χ0) is 9.10. The molecule has 1 aromatic rings. The van der Waals surface area contributed by atoms with Gasteiger partial charge in [-0.25, -0.2) is 8.10 Å². The van der Waals surface area contributed by atoms with Crippen LogP contribution < -0.4 is 0 Å². The zero-order valence-corrected chi connectivity index (χ0v) is 10.1. The SMILES string of the molecule is IN1CCC(Sc2ncco2)CC1. The van der Waals surface area contributed by atoms with E-state index in [0.29, 0.717) is 5.25 Å². The van der Waals surface area contributed by atoms with Gasteiger partial charge in [-0.3, -0.25) is 0 Å². The molecule has 72 valence electrons. The molecule has 0 aliphatic carbocycles. The minimum atomic E-state index is 0.685. The number of hydrogen-bond donors (Lipinski definition) is 0. The molecule has 0 aromatic carbocycles. The number of nitrogens with zero attached hydrogens (tertiary/aromatic N) is 2. The number of thioether (sulfide) groups is 1. The Morgan fingerprint density at radius 2 is 2.31 bits per heavy atom. The number of oxazole rings is 1. The van der Waals surface area contributed by atoms with Crippen molar-refractivity contribution in [1.82, 2.24) is 8.10 Å². The van der Waals surface area contributed by atoms with Gasteiger partial charge >= 0.3 is 0 Å². The molecule has 0 unspecified atom stereocenters. The van der Waals surface area contributed by atoms with Crippen LogP contribution in [0.25, 0.3) is 0 Å². The molecule has 5 heteroatoms. The summed E-state index contributed by atoms with van der Waals surface area (Å²) in [5.41, 5.74) is 0. The molecule has 0 bridgehead atoms. The minimum Gasteiger partial charge on any atom is -0.440 e. The first-order chi connectivity index (χ1) is 6.34. The third-order valence-corrected chi connectivity index (χ3v) is 4.24. The van der Waals surface area contributed by atoms with Crippen molar-refractivity contribution in [3.05, 3.63) is 12.5 Å². The van der Waals surface area contributed by atoms with Gasteiger partial charge in [-0.15, -0.1) is 0 Å². The fraction of sp³-hybridized carbons (Fsp3) is 0.625. The van der Waals surface area contributed by atoms with Crippen LogP contribution in [0.1, 0.15) is 12.8 Å². The fourth-order valence-electron chi connectivity index (χ4n) is 1.35. The Balaban J connectivity index is 1.83. The summed E-state index contributed by atoms with van der Waals surface area (Å²) in [6.45, 7) is 2.36. The fourth-order valence-corrected chi connectivity index (χ4v) is 2.87. The molecule has 0 spiro atoms. The van der Waals surface area contributed by atoms with Gasteiger partial charge in [0.2, 0.25) is 0 Å². The van der Waals surface area contributed by atoms with Crippen molar-refractivity contribution in [3.63, 3.8) is 0 Å². The summed E-state index contributed by atoms with van der Waals surface area (Å²) >= 11 is 4.15. The lowest BCUT2D eigenvalue weighted by Gasteiger charge is -2.25. The van der Waals surface area contributed by atoms with Crippen molar-refractivity contribution in [2.75, 3.05) is 13.1 Å². The van der Waals surface area contributed by atoms with Crippen LogP contribution in [0.5, 0.6) is 0 Å². The van der Waals surface area contributed by atoms with Crippen LogP contribution >= 0.6 is 34.6 Å². The Morgan fingerprint density at radius 1 is 1.54 bits per heavy atom. The molecule has 1 aliphatic rings. The predicted octanol–water partition coefficient (Wildman–Crippen LogP) is 2.58. The van der Waals surface area contributed by atoms with E-state index in [-0.39, 0.29) is 0 Å². The second-order valence-corrected chi connectivity index (χ2v) is 5.64. The number of piperidine rings is 1. The lowest BCUT2D eigenvalue weighted by Crippen LogP contribution is -2.27. The highest BCUT2D eigenvalue weighted by Crippen LogP contribution is 2.29. The van der Waals surface area contributed by atoms with E-state index >= 15 is 0 Å². The first-order valence-corrected chi connectivity index (χ1v) is 6.16. The Labute approximate surface area is 95.8 Å². The summed E-state index contributed by atoms with van der Waals surface area (Å²) in [6.07, 6.45) is 5.80. The minimum absolute atomic E-state index is 0.685. The lowest BCUT2D eigenvalue weighted by atomic mass is 10.2.